The summed E-state index contributed by atoms with van der Waals surface area (Å²) in [4.78, 5) is 25.2. The topological polar surface area (TPSA) is 125 Å². The molecule has 1 saturated heterocycles. The first-order valence-corrected chi connectivity index (χ1v) is 5.78. The van der Waals surface area contributed by atoms with Gasteiger partial charge in [0.1, 0.15) is 13.6 Å². The van der Waals surface area contributed by atoms with E-state index in [4.69, 9.17) is 6.11 Å². The molecule has 8 nitrogen and oxygen atoms in total. The Morgan fingerprint density at radius 3 is 3.00 bits per heavy atom. The number of aliphatic hydroxyl groups is 3. The average molecular weight is 283 g/mol. The van der Waals surface area contributed by atoms with Gasteiger partial charge in [-0.15, -0.1) is 6.40 Å². The van der Waals surface area contributed by atoms with Gasteiger partial charge < -0.3 is 20.1 Å². The average Bonchev–Trinajstić information content (AvgIpc) is 2.67. The number of hydrogen-bond donors (Lipinski definition) is 4. The zero-order chi connectivity index (χ0) is 15.8. The minimum absolute atomic E-state index is 0.202. The lowest BCUT2D eigenvalue weighted by atomic mass is 9.93. The first-order valence-electron chi connectivity index (χ1n) is 6.28. The Balaban J connectivity index is 2.52. The number of hydrogen-bond acceptors (Lipinski definition) is 6. The highest BCUT2D eigenvalue weighted by Gasteiger charge is 2.55. The lowest BCUT2D eigenvalue weighted by Gasteiger charge is -2.24. The minimum Gasteiger partial charge on any atom is -0.394 e. The van der Waals surface area contributed by atoms with Crippen LogP contribution < -0.4 is 11.2 Å². The Bertz CT molecular complexity index is 717. The number of nitrogens with one attached hydrogen (secondary N) is 1. The maximum Gasteiger partial charge on any atom is 0.330 e. The molecule has 1 fully saturated rings. The van der Waals surface area contributed by atoms with E-state index < -0.39 is 41.9 Å². The number of ether oxygens (including phenoxy) is 1. The molecule has 4 N–H and O–H groups in total. The quantitative estimate of drug-likeness (QED) is 0.443. The van der Waals surface area contributed by atoms with Gasteiger partial charge in [-0.1, -0.05) is 5.92 Å². The summed E-state index contributed by atoms with van der Waals surface area (Å²) >= 11 is 0. The molecule has 8 heteroatoms. The van der Waals surface area contributed by atoms with Crippen molar-refractivity contribution in [2.75, 3.05) is 6.61 Å². The second-order valence-electron chi connectivity index (χ2n) is 4.57. The van der Waals surface area contributed by atoms with Crippen molar-refractivity contribution < 1.29 is 21.4 Å². The van der Waals surface area contributed by atoms with Crippen LogP contribution in [-0.2, 0) is 4.74 Å². The number of aliphatic hydroxyl groups excluding tert-OH is 2. The van der Waals surface area contributed by atoms with Crippen LogP contribution in [0.5, 0.6) is 0 Å². The maximum atomic E-state index is 11.8. The van der Waals surface area contributed by atoms with Gasteiger partial charge in [0.15, 0.2) is 11.8 Å². The molecule has 2 heterocycles. The van der Waals surface area contributed by atoms with Gasteiger partial charge in [0.05, 0.1) is 6.61 Å². The first kappa shape index (κ1) is 13.1. The minimum atomic E-state index is -2.19. The van der Waals surface area contributed by atoms with Crippen molar-refractivity contribution >= 4 is 0 Å². The summed E-state index contributed by atoms with van der Waals surface area (Å²) in [6.45, 7) is 0.783. The number of nitrogens with zero attached hydrogens (tertiary/aromatic N) is 1. The van der Waals surface area contributed by atoms with Crippen molar-refractivity contribution in [1.82, 2.24) is 9.55 Å². The van der Waals surface area contributed by atoms with Gasteiger partial charge in [-0.05, 0) is 6.92 Å². The van der Waals surface area contributed by atoms with Crippen LogP contribution in [0.2, 0.25) is 0 Å². The highest BCUT2D eigenvalue weighted by atomic mass is 16.6. The van der Waals surface area contributed by atoms with Crippen molar-refractivity contribution in [3.8, 4) is 12.3 Å². The SMILES string of the molecule is [2H]C#C[C@@]1(O)[C@@H](CO)OC(n2cc(C)c(=O)[nH]c2=O)[C@@H]1O. The van der Waals surface area contributed by atoms with Crippen LogP contribution in [0.4, 0.5) is 0 Å². The van der Waals surface area contributed by atoms with Crippen LogP contribution in [-0.4, -0.2) is 49.3 Å². The van der Waals surface area contributed by atoms with E-state index in [9.17, 15) is 24.9 Å². The molecule has 108 valence electrons. The molecule has 4 atom stereocenters. The molecule has 1 aromatic rings. The lowest BCUT2D eigenvalue weighted by Crippen LogP contribution is -2.48. The predicted molar refractivity (Wildman–Crippen MR) is 66.8 cm³/mol. The largest absolute Gasteiger partial charge is 0.394 e. The van der Waals surface area contributed by atoms with Crippen molar-refractivity contribution in [3.05, 3.63) is 32.6 Å². The Hall–Kier alpha value is -1.92. The van der Waals surface area contributed by atoms with Crippen molar-refractivity contribution in [3.63, 3.8) is 0 Å². The summed E-state index contributed by atoms with van der Waals surface area (Å²) in [6, 6.07) is 0. The van der Waals surface area contributed by atoms with Gasteiger partial charge in [0, 0.05) is 11.8 Å². The van der Waals surface area contributed by atoms with Gasteiger partial charge in [-0.2, -0.15) is 0 Å². The van der Waals surface area contributed by atoms with Crippen LogP contribution in [0.3, 0.4) is 0 Å². The third-order valence-corrected chi connectivity index (χ3v) is 3.30. The van der Waals surface area contributed by atoms with Crippen molar-refractivity contribution in [2.24, 2.45) is 0 Å². The fraction of sp³-hybridized carbons (Fsp3) is 0.500. The van der Waals surface area contributed by atoms with Gasteiger partial charge in [0.25, 0.3) is 5.56 Å². The summed E-state index contributed by atoms with van der Waals surface area (Å²) < 4.78 is 13.0. The normalized spacial score (nSPS) is 33.4. The number of rotatable bonds is 2. The number of aryl methyl sites for hydroxylation is 1. The van der Waals surface area contributed by atoms with E-state index in [2.05, 4.69) is 5.92 Å². The molecule has 0 amide bonds. The van der Waals surface area contributed by atoms with Gasteiger partial charge in [-0.3, -0.25) is 14.3 Å². The van der Waals surface area contributed by atoms with E-state index in [1.54, 1.807) is 6.40 Å². The molecule has 1 unspecified atom stereocenters. The zero-order valence-corrected chi connectivity index (χ0v) is 10.5. The molecular weight excluding hydrogens is 268 g/mol. The summed E-state index contributed by atoms with van der Waals surface area (Å²) in [5.41, 5.74) is -3.41. The van der Waals surface area contributed by atoms with E-state index >= 15 is 0 Å². The van der Waals surface area contributed by atoms with Gasteiger partial charge in [-0.25, -0.2) is 4.79 Å². The number of aromatic amines is 1. The summed E-state index contributed by atoms with van der Waals surface area (Å²) in [7, 11) is 0. The number of terminal acetylenes is 1. The molecular formula is C12H14N2O6. The summed E-state index contributed by atoms with van der Waals surface area (Å²) in [5.74, 6) is 2.07. The zero-order valence-electron chi connectivity index (χ0n) is 11.5. The van der Waals surface area contributed by atoms with Gasteiger partial charge >= 0.3 is 5.69 Å². The summed E-state index contributed by atoms with van der Waals surface area (Å²) in [6.07, 6.45) is -1.46. The van der Waals surface area contributed by atoms with E-state index in [-0.39, 0.29) is 5.56 Å². The van der Waals surface area contributed by atoms with Crippen LogP contribution in [0.1, 0.15) is 13.2 Å². The molecule has 0 radical (unpaired) electrons. The molecule has 20 heavy (non-hydrogen) atoms. The number of aromatic nitrogens is 2. The van der Waals surface area contributed by atoms with Crippen LogP contribution in [0.25, 0.3) is 0 Å². The lowest BCUT2D eigenvalue weighted by molar-refractivity contribution is -0.0625. The second-order valence-corrected chi connectivity index (χ2v) is 4.57. The third kappa shape index (κ3) is 1.97. The van der Waals surface area contributed by atoms with Crippen LogP contribution in [0.15, 0.2) is 15.8 Å². The van der Waals surface area contributed by atoms with E-state index in [0.717, 1.165) is 4.57 Å². The molecule has 0 aliphatic carbocycles. The Morgan fingerprint density at radius 2 is 2.40 bits per heavy atom. The predicted octanol–water partition coefficient (Wildman–Crippen LogP) is -2.54. The molecule has 0 bridgehead atoms. The Labute approximate surface area is 114 Å². The first-order chi connectivity index (χ1) is 9.85. The molecule has 0 saturated carbocycles. The molecule has 1 aromatic heterocycles. The van der Waals surface area contributed by atoms with E-state index in [1.165, 1.54) is 13.1 Å². The van der Waals surface area contributed by atoms with Crippen molar-refractivity contribution in [2.45, 2.75) is 31.0 Å². The van der Waals surface area contributed by atoms with E-state index in [0.29, 0.717) is 0 Å². The smallest absolute Gasteiger partial charge is 0.330 e. The Morgan fingerprint density at radius 1 is 1.70 bits per heavy atom. The monoisotopic (exact) mass is 283 g/mol. The molecule has 0 spiro atoms. The third-order valence-electron chi connectivity index (χ3n) is 3.30. The fourth-order valence-corrected chi connectivity index (χ4v) is 2.08. The van der Waals surface area contributed by atoms with Crippen LogP contribution in [0, 0.1) is 19.2 Å². The summed E-state index contributed by atoms with van der Waals surface area (Å²) in [5, 5.41) is 29.6. The second kappa shape index (κ2) is 4.88. The molecule has 1 aliphatic rings. The van der Waals surface area contributed by atoms with Crippen LogP contribution >= 0.6 is 0 Å². The number of H-pyrrole nitrogens is 1. The highest BCUT2D eigenvalue weighted by Crippen LogP contribution is 2.35. The van der Waals surface area contributed by atoms with E-state index in [1.807, 2.05) is 4.98 Å². The highest BCUT2D eigenvalue weighted by molar-refractivity contribution is 5.20. The molecule has 1 aliphatic heterocycles. The van der Waals surface area contributed by atoms with Crippen molar-refractivity contribution in [1.29, 1.82) is 0 Å². The standard InChI is InChI=1S/C12H14N2O6/c1-3-12(19)7(5-15)20-10(8(12)16)14-4-6(2)9(17)13-11(14)18/h1,4,7-8,10,15-16,19H,5H2,2H3,(H,13,17,18)/t7-,8+,10?,12-/m1/s1/i1D. The Kier molecular flexibility index (Phi) is 3.19. The fourth-order valence-electron chi connectivity index (χ4n) is 2.08. The van der Waals surface area contributed by atoms with Gasteiger partial charge in [0.2, 0.25) is 0 Å². The maximum absolute atomic E-state index is 11.8. The molecule has 0 aromatic carbocycles. The molecule has 2 rings (SSSR count).